The lowest BCUT2D eigenvalue weighted by Gasteiger charge is -2.32. The Morgan fingerprint density at radius 1 is 1.35 bits per heavy atom. The van der Waals surface area contributed by atoms with E-state index in [0.29, 0.717) is 11.3 Å². The monoisotopic (exact) mass is 249 g/mol. The number of aryl methyl sites for hydroxylation is 1. The second-order valence-corrected chi connectivity index (χ2v) is 6.65. The van der Waals surface area contributed by atoms with E-state index >= 15 is 0 Å². The lowest BCUT2D eigenvalue weighted by Crippen LogP contribution is -2.37. The molecule has 2 N–H and O–H groups in total. The van der Waals surface area contributed by atoms with Crippen molar-refractivity contribution >= 4 is 11.8 Å². The number of rotatable bonds is 3. The average molecular weight is 249 g/mol. The third kappa shape index (κ3) is 3.75. The molecule has 0 amide bonds. The van der Waals surface area contributed by atoms with Crippen LogP contribution in [-0.2, 0) is 5.75 Å². The van der Waals surface area contributed by atoms with Crippen LogP contribution in [-0.4, -0.2) is 11.3 Å². The molecule has 0 spiro atoms. The molecule has 1 aliphatic rings. The standard InChI is InChI=1S/C15H23NS/c1-11-4-3-5-13(8-11)10-17-15-9-12(2)6-7-14(15)16/h3-5,8,12,14-15H,6-7,9-10,16H2,1-2H3. The number of benzene rings is 1. The van der Waals surface area contributed by atoms with Gasteiger partial charge in [-0.1, -0.05) is 36.8 Å². The van der Waals surface area contributed by atoms with Crippen molar-refractivity contribution in [3.8, 4) is 0 Å². The van der Waals surface area contributed by atoms with Gasteiger partial charge in [0.05, 0.1) is 0 Å². The Morgan fingerprint density at radius 2 is 2.18 bits per heavy atom. The Labute approximate surface area is 109 Å². The maximum Gasteiger partial charge on any atom is 0.0204 e. The summed E-state index contributed by atoms with van der Waals surface area (Å²) in [5, 5.41) is 0.652. The maximum absolute atomic E-state index is 6.21. The number of thioether (sulfide) groups is 1. The predicted octanol–water partition coefficient (Wildman–Crippen LogP) is 3.74. The zero-order valence-corrected chi connectivity index (χ0v) is 11.7. The third-order valence-corrected chi connectivity index (χ3v) is 5.12. The molecule has 1 saturated carbocycles. The molecule has 0 saturated heterocycles. The van der Waals surface area contributed by atoms with E-state index in [1.165, 1.54) is 30.4 Å². The molecule has 0 aromatic heterocycles. The fourth-order valence-corrected chi connectivity index (χ4v) is 3.98. The van der Waals surface area contributed by atoms with Crippen LogP contribution >= 0.6 is 11.8 Å². The van der Waals surface area contributed by atoms with Crippen LogP contribution in [0.3, 0.4) is 0 Å². The van der Waals surface area contributed by atoms with Crippen LogP contribution < -0.4 is 5.73 Å². The molecular formula is C15H23NS. The van der Waals surface area contributed by atoms with Crippen molar-refractivity contribution in [2.24, 2.45) is 11.7 Å². The predicted molar refractivity (Wildman–Crippen MR) is 77.3 cm³/mol. The molecule has 2 heteroatoms. The molecule has 0 heterocycles. The summed E-state index contributed by atoms with van der Waals surface area (Å²) in [6.45, 7) is 4.51. The van der Waals surface area contributed by atoms with E-state index in [1.54, 1.807) is 0 Å². The molecule has 0 bridgehead atoms. The minimum atomic E-state index is 0.404. The topological polar surface area (TPSA) is 26.0 Å². The zero-order valence-electron chi connectivity index (χ0n) is 10.9. The van der Waals surface area contributed by atoms with Gasteiger partial charge in [-0.05, 0) is 37.7 Å². The highest BCUT2D eigenvalue weighted by atomic mass is 32.2. The van der Waals surface area contributed by atoms with Crippen LogP contribution in [0.15, 0.2) is 24.3 Å². The zero-order chi connectivity index (χ0) is 12.3. The summed E-state index contributed by atoms with van der Waals surface area (Å²) in [7, 11) is 0. The molecular weight excluding hydrogens is 226 g/mol. The van der Waals surface area contributed by atoms with Crippen molar-refractivity contribution in [1.29, 1.82) is 0 Å². The fourth-order valence-electron chi connectivity index (χ4n) is 2.55. The van der Waals surface area contributed by atoms with Crippen molar-refractivity contribution in [2.45, 2.75) is 50.2 Å². The van der Waals surface area contributed by atoms with Gasteiger partial charge in [0, 0.05) is 17.0 Å². The molecule has 3 atom stereocenters. The van der Waals surface area contributed by atoms with Crippen molar-refractivity contribution in [3.05, 3.63) is 35.4 Å². The molecule has 3 unspecified atom stereocenters. The van der Waals surface area contributed by atoms with Gasteiger partial charge >= 0.3 is 0 Å². The van der Waals surface area contributed by atoms with E-state index in [0.717, 1.165) is 11.7 Å². The smallest absolute Gasteiger partial charge is 0.0204 e. The van der Waals surface area contributed by atoms with Gasteiger partial charge in [0.1, 0.15) is 0 Å². The van der Waals surface area contributed by atoms with Gasteiger partial charge in [-0.15, -0.1) is 0 Å². The minimum absolute atomic E-state index is 0.404. The molecule has 17 heavy (non-hydrogen) atoms. The first-order chi connectivity index (χ1) is 8.15. The summed E-state index contributed by atoms with van der Waals surface area (Å²) in [6.07, 6.45) is 3.80. The number of hydrogen-bond donors (Lipinski definition) is 1. The van der Waals surface area contributed by atoms with Gasteiger partial charge in [0.15, 0.2) is 0 Å². The van der Waals surface area contributed by atoms with E-state index < -0.39 is 0 Å². The van der Waals surface area contributed by atoms with Crippen molar-refractivity contribution in [2.75, 3.05) is 0 Å². The first kappa shape index (κ1) is 13.0. The molecule has 1 aromatic rings. The third-order valence-electron chi connectivity index (χ3n) is 3.65. The van der Waals surface area contributed by atoms with Crippen LogP contribution in [0.1, 0.15) is 37.3 Å². The second-order valence-electron chi connectivity index (χ2n) is 5.42. The van der Waals surface area contributed by atoms with Crippen LogP contribution in [0, 0.1) is 12.8 Å². The van der Waals surface area contributed by atoms with Gasteiger partial charge < -0.3 is 5.73 Å². The van der Waals surface area contributed by atoms with Gasteiger partial charge in [-0.3, -0.25) is 0 Å². The largest absolute Gasteiger partial charge is 0.327 e. The molecule has 1 aliphatic carbocycles. The lowest BCUT2D eigenvalue weighted by atomic mass is 9.87. The van der Waals surface area contributed by atoms with Gasteiger partial charge in [-0.25, -0.2) is 0 Å². The highest BCUT2D eigenvalue weighted by Gasteiger charge is 2.25. The van der Waals surface area contributed by atoms with Crippen molar-refractivity contribution < 1.29 is 0 Å². The first-order valence-corrected chi connectivity index (χ1v) is 7.63. The van der Waals surface area contributed by atoms with Gasteiger partial charge in [-0.2, -0.15) is 11.8 Å². The van der Waals surface area contributed by atoms with Crippen LogP contribution in [0.2, 0.25) is 0 Å². The quantitative estimate of drug-likeness (QED) is 0.883. The molecule has 1 nitrogen and oxygen atoms in total. The van der Waals surface area contributed by atoms with E-state index in [4.69, 9.17) is 5.73 Å². The average Bonchev–Trinajstić information content (AvgIpc) is 2.30. The number of nitrogens with two attached hydrogens (primary N) is 1. The first-order valence-electron chi connectivity index (χ1n) is 6.58. The highest BCUT2D eigenvalue weighted by molar-refractivity contribution is 7.99. The molecule has 1 fully saturated rings. The summed E-state index contributed by atoms with van der Waals surface area (Å²) in [6, 6.07) is 9.21. The molecule has 0 radical (unpaired) electrons. The van der Waals surface area contributed by atoms with Gasteiger partial charge in [0.25, 0.3) is 0 Å². The highest BCUT2D eigenvalue weighted by Crippen LogP contribution is 2.33. The van der Waals surface area contributed by atoms with Crippen LogP contribution in [0.25, 0.3) is 0 Å². The lowest BCUT2D eigenvalue weighted by molar-refractivity contribution is 0.357. The van der Waals surface area contributed by atoms with E-state index in [2.05, 4.69) is 38.1 Å². The summed E-state index contributed by atoms with van der Waals surface area (Å²) in [5.74, 6) is 1.96. The fraction of sp³-hybridized carbons (Fsp3) is 0.600. The van der Waals surface area contributed by atoms with E-state index in [9.17, 15) is 0 Å². The Morgan fingerprint density at radius 3 is 2.94 bits per heavy atom. The van der Waals surface area contributed by atoms with E-state index in [-0.39, 0.29) is 0 Å². The Kier molecular flexibility index (Phi) is 4.52. The normalized spacial score (nSPS) is 29.2. The summed E-state index contributed by atoms with van der Waals surface area (Å²) in [4.78, 5) is 0. The van der Waals surface area contributed by atoms with E-state index in [1.807, 2.05) is 11.8 Å². The molecule has 0 aliphatic heterocycles. The Balaban J connectivity index is 1.88. The number of hydrogen-bond acceptors (Lipinski definition) is 2. The Bertz CT molecular complexity index is 364. The Hall–Kier alpha value is -0.470. The second kappa shape index (κ2) is 5.92. The van der Waals surface area contributed by atoms with Crippen LogP contribution in [0.4, 0.5) is 0 Å². The summed E-state index contributed by atoms with van der Waals surface area (Å²) in [5.41, 5.74) is 9.00. The maximum atomic E-state index is 6.21. The molecule has 94 valence electrons. The van der Waals surface area contributed by atoms with Crippen LogP contribution in [0.5, 0.6) is 0 Å². The summed E-state index contributed by atoms with van der Waals surface area (Å²) < 4.78 is 0. The van der Waals surface area contributed by atoms with Crippen molar-refractivity contribution in [1.82, 2.24) is 0 Å². The van der Waals surface area contributed by atoms with Crippen molar-refractivity contribution in [3.63, 3.8) is 0 Å². The molecule has 1 aromatic carbocycles. The minimum Gasteiger partial charge on any atom is -0.327 e. The SMILES string of the molecule is Cc1cccc(CSC2CC(C)CCC2N)c1. The summed E-state index contributed by atoms with van der Waals surface area (Å²) >= 11 is 2.05. The van der Waals surface area contributed by atoms with Gasteiger partial charge in [0.2, 0.25) is 0 Å². The molecule has 2 rings (SSSR count).